The molecule has 1 fully saturated rings. The van der Waals surface area contributed by atoms with Crippen LogP contribution in [-0.2, 0) is 6.54 Å². The van der Waals surface area contributed by atoms with Crippen molar-refractivity contribution in [3.8, 4) is 0 Å². The Bertz CT molecular complexity index is 375. The first-order valence-electron chi connectivity index (χ1n) is 5.65. The van der Waals surface area contributed by atoms with E-state index in [1.165, 1.54) is 25.3 Å². The summed E-state index contributed by atoms with van der Waals surface area (Å²) >= 11 is 0. The van der Waals surface area contributed by atoms with Gasteiger partial charge in [-0.15, -0.1) is 0 Å². The Morgan fingerprint density at radius 2 is 2.31 bits per heavy atom. The zero-order chi connectivity index (χ0) is 11.4. The minimum Gasteiger partial charge on any atom is -0.477 e. The van der Waals surface area contributed by atoms with Gasteiger partial charge in [0.2, 0.25) is 0 Å². The van der Waals surface area contributed by atoms with Crippen LogP contribution in [0.1, 0.15) is 35.4 Å². The summed E-state index contributed by atoms with van der Waals surface area (Å²) in [6, 6.07) is 5.09. The molecule has 0 unspecified atom stereocenters. The highest BCUT2D eigenvalue weighted by Gasteiger charge is 2.16. The van der Waals surface area contributed by atoms with E-state index in [9.17, 15) is 4.79 Å². The lowest BCUT2D eigenvalue weighted by Gasteiger charge is -2.25. The standard InChI is InChI=1S/C12H16N2O2/c15-12(16)11-6-2-5-10(14-11)8-13-7-9-3-1-4-9/h2,5-6,9,13H,1,3-4,7-8H2,(H,15,16). The van der Waals surface area contributed by atoms with E-state index in [0.29, 0.717) is 6.54 Å². The molecule has 0 radical (unpaired) electrons. The van der Waals surface area contributed by atoms with Gasteiger partial charge in [0.15, 0.2) is 0 Å². The van der Waals surface area contributed by atoms with E-state index in [-0.39, 0.29) is 5.69 Å². The number of carboxylic acid groups (broad SMARTS) is 1. The Kier molecular flexibility index (Phi) is 3.51. The SMILES string of the molecule is O=C(O)c1cccc(CNCC2CCC2)n1. The maximum absolute atomic E-state index is 10.7. The topological polar surface area (TPSA) is 62.2 Å². The van der Waals surface area contributed by atoms with Crippen molar-refractivity contribution in [3.05, 3.63) is 29.6 Å². The van der Waals surface area contributed by atoms with E-state index in [0.717, 1.165) is 18.2 Å². The summed E-state index contributed by atoms with van der Waals surface area (Å²) in [5.74, 6) is -0.163. The van der Waals surface area contributed by atoms with Crippen molar-refractivity contribution in [2.24, 2.45) is 5.92 Å². The number of hydrogen-bond donors (Lipinski definition) is 2. The van der Waals surface area contributed by atoms with Crippen molar-refractivity contribution in [1.29, 1.82) is 0 Å². The van der Waals surface area contributed by atoms with Crippen molar-refractivity contribution >= 4 is 5.97 Å². The van der Waals surface area contributed by atoms with Crippen molar-refractivity contribution < 1.29 is 9.90 Å². The Balaban J connectivity index is 1.83. The van der Waals surface area contributed by atoms with E-state index in [4.69, 9.17) is 5.11 Å². The molecule has 0 aromatic carbocycles. The second-order valence-corrected chi connectivity index (χ2v) is 4.25. The molecule has 4 heteroatoms. The largest absolute Gasteiger partial charge is 0.477 e. The van der Waals surface area contributed by atoms with Crippen LogP contribution in [0.15, 0.2) is 18.2 Å². The summed E-state index contributed by atoms with van der Waals surface area (Å²) in [4.78, 5) is 14.8. The molecule has 86 valence electrons. The van der Waals surface area contributed by atoms with Crippen molar-refractivity contribution in [2.75, 3.05) is 6.54 Å². The van der Waals surface area contributed by atoms with Crippen LogP contribution in [0.3, 0.4) is 0 Å². The van der Waals surface area contributed by atoms with Crippen LogP contribution in [0.4, 0.5) is 0 Å². The van der Waals surface area contributed by atoms with E-state index in [1.807, 2.05) is 6.07 Å². The van der Waals surface area contributed by atoms with Gasteiger partial charge >= 0.3 is 5.97 Å². The van der Waals surface area contributed by atoms with Gasteiger partial charge in [-0.3, -0.25) is 0 Å². The van der Waals surface area contributed by atoms with Crippen LogP contribution in [0.2, 0.25) is 0 Å². The molecule has 0 aliphatic heterocycles. The molecule has 1 aliphatic rings. The van der Waals surface area contributed by atoms with Crippen molar-refractivity contribution in [3.63, 3.8) is 0 Å². The zero-order valence-corrected chi connectivity index (χ0v) is 9.15. The highest BCUT2D eigenvalue weighted by molar-refractivity contribution is 5.85. The van der Waals surface area contributed by atoms with Crippen LogP contribution in [0, 0.1) is 5.92 Å². The second-order valence-electron chi connectivity index (χ2n) is 4.25. The predicted molar refractivity (Wildman–Crippen MR) is 60.2 cm³/mol. The minimum absolute atomic E-state index is 0.114. The number of aromatic nitrogens is 1. The van der Waals surface area contributed by atoms with Crippen LogP contribution in [0.25, 0.3) is 0 Å². The van der Waals surface area contributed by atoms with E-state index >= 15 is 0 Å². The monoisotopic (exact) mass is 220 g/mol. The number of carboxylic acids is 1. The molecule has 1 aliphatic carbocycles. The molecule has 1 aromatic rings. The first kappa shape index (κ1) is 11.1. The summed E-state index contributed by atoms with van der Waals surface area (Å²) in [5, 5.41) is 12.1. The number of nitrogens with zero attached hydrogens (tertiary/aromatic N) is 1. The fraction of sp³-hybridized carbons (Fsp3) is 0.500. The third-order valence-corrected chi connectivity index (χ3v) is 2.99. The molecule has 1 saturated carbocycles. The van der Waals surface area contributed by atoms with Gasteiger partial charge < -0.3 is 10.4 Å². The van der Waals surface area contributed by atoms with Crippen LogP contribution in [0.5, 0.6) is 0 Å². The second kappa shape index (κ2) is 5.07. The van der Waals surface area contributed by atoms with Gasteiger partial charge in [-0.05, 0) is 37.4 Å². The number of hydrogen-bond acceptors (Lipinski definition) is 3. The first-order chi connectivity index (χ1) is 7.75. The molecular formula is C12H16N2O2. The van der Waals surface area contributed by atoms with Gasteiger partial charge in [0.25, 0.3) is 0 Å². The molecule has 0 bridgehead atoms. The molecule has 4 nitrogen and oxygen atoms in total. The van der Waals surface area contributed by atoms with Gasteiger partial charge in [0.05, 0.1) is 5.69 Å². The summed E-state index contributed by atoms with van der Waals surface area (Å²) in [7, 11) is 0. The molecule has 0 atom stereocenters. The van der Waals surface area contributed by atoms with E-state index in [1.54, 1.807) is 6.07 Å². The van der Waals surface area contributed by atoms with Crippen LogP contribution in [-0.4, -0.2) is 22.6 Å². The highest BCUT2D eigenvalue weighted by Crippen LogP contribution is 2.25. The molecule has 2 rings (SSSR count). The maximum atomic E-state index is 10.7. The molecular weight excluding hydrogens is 204 g/mol. The molecule has 2 N–H and O–H groups in total. The van der Waals surface area contributed by atoms with Gasteiger partial charge in [-0.1, -0.05) is 12.5 Å². The van der Waals surface area contributed by atoms with Gasteiger partial charge in [0.1, 0.15) is 5.69 Å². The van der Waals surface area contributed by atoms with Crippen LogP contribution >= 0.6 is 0 Å². The Morgan fingerprint density at radius 1 is 1.50 bits per heavy atom. The molecule has 1 heterocycles. The number of pyridine rings is 1. The summed E-state index contributed by atoms with van der Waals surface area (Å²) in [6.45, 7) is 1.66. The Hall–Kier alpha value is -1.42. The Labute approximate surface area is 94.7 Å². The average Bonchev–Trinajstić information content (AvgIpc) is 2.22. The smallest absolute Gasteiger partial charge is 0.354 e. The number of carbonyl (C=O) groups is 1. The quantitative estimate of drug-likeness (QED) is 0.792. The van der Waals surface area contributed by atoms with Crippen LogP contribution < -0.4 is 5.32 Å². The summed E-state index contributed by atoms with van der Waals surface area (Å²) in [5.41, 5.74) is 0.905. The third-order valence-electron chi connectivity index (χ3n) is 2.99. The molecule has 0 spiro atoms. The number of aromatic carboxylic acids is 1. The minimum atomic E-state index is -0.971. The summed E-state index contributed by atoms with van der Waals surface area (Å²) < 4.78 is 0. The normalized spacial score (nSPS) is 15.8. The van der Waals surface area contributed by atoms with E-state index < -0.39 is 5.97 Å². The van der Waals surface area contributed by atoms with Gasteiger partial charge in [-0.2, -0.15) is 0 Å². The maximum Gasteiger partial charge on any atom is 0.354 e. The predicted octanol–water partition coefficient (Wildman–Crippen LogP) is 1.67. The first-order valence-corrected chi connectivity index (χ1v) is 5.65. The fourth-order valence-electron chi connectivity index (χ4n) is 1.80. The van der Waals surface area contributed by atoms with Gasteiger partial charge in [-0.25, -0.2) is 9.78 Å². The van der Waals surface area contributed by atoms with E-state index in [2.05, 4.69) is 10.3 Å². The number of rotatable bonds is 5. The average molecular weight is 220 g/mol. The molecule has 1 aromatic heterocycles. The van der Waals surface area contributed by atoms with Crippen molar-refractivity contribution in [1.82, 2.24) is 10.3 Å². The highest BCUT2D eigenvalue weighted by atomic mass is 16.4. The molecule has 16 heavy (non-hydrogen) atoms. The fourth-order valence-corrected chi connectivity index (χ4v) is 1.80. The van der Waals surface area contributed by atoms with Gasteiger partial charge in [0, 0.05) is 6.54 Å². The lowest BCUT2D eigenvalue weighted by atomic mass is 9.85. The summed E-state index contributed by atoms with van der Waals surface area (Å²) in [6.07, 6.45) is 3.98. The molecule has 0 amide bonds. The Morgan fingerprint density at radius 3 is 2.94 bits per heavy atom. The number of nitrogens with one attached hydrogen (secondary N) is 1. The zero-order valence-electron chi connectivity index (χ0n) is 9.15. The lowest BCUT2D eigenvalue weighted by Crippen LogP contribution is -2.27. The third kappa shape index (κ3) is 2.79. The van der Waals surface area contributed by atoms with Crippen molar-refractivity contribution in [2.45, 2.75) is 25.8 Å². The lowest BCUT2D eigenvalue weighted by molar-refractivity contribution is 0.0690. The molecule has 0 saturated heterocycles.